The molecule has 1 aromatic heterocycles. The number of pyridine rings is 1. The highest BCUT2D eigenvalue weighted by molar-refractivity contribution is 5.93. The number of carboxylic acids is 1. The van der Waals surface area contributed by atoms with Gasteiger partial charge in [-0.2, -0.15) is 0 Å². The molecule has 2 rings (SSSR count). The first-order valence-corrected chi connectivity index (χ1v) is 6.58. The van der Waals surface area contributed by atoms with Crippen LogP contribution in [0.5, 0.6) is 0 Å². The van der Waals surface area contributed by atoms with Gasteiger partial charge in [0, 0.05) is 17.8 Å². The molecule has 19 heavy (non-hydrogen) atoms. The van der Waals surface area contributed by atoms with Crippen LogP contribution in [0.3, 0.4) is 0 Å². The Morgan fingerprint density at radius 3 is 2.84 bits per heavy atom. The maximum Gasteiger partial charge on any atom is 0.339 e. The molecule has 0 atom stereocenters. The number of fused-ring (bicyclic) bond motifs is 1. The Labute approximate surface area is 112 Å². The lowest BCUT2D eigenvalue weighted by atomic mass is 10.0. The normalized spacial score (nSPS) is 14.3. The number of aromatic carboxylic acids is 1. The number of nitrogens with zero attached hydrogens (tertiary/aromatic N) is 1. The van der Waals surface area contributed by atoms with Crippen molar-refractivity contribution in [2.75, 3.05) is 11.9 Å². The van der Waals surface area contributed by atoms with Crippen LogP contribution < -0.4 is 5.32 Å². The molecule has 5 heteroatoms. The molecule has 0 aromatic carbocycles. The number of anilines is 1. The summed E-state index contributed by atoms with van der Waals surface area (Å²) in [5, 5.41) is 21.5. The predicted octanol–water partition coefficient (Wildman–Crippen LogP) is 1.84. The quantitative estimate of drug-likeness (QED) is 0.756. The molecule has 1 heterocycles. The van der Waals surface area contributed by atoms with E-state index in [2.05, 4.69) is 10.3 Å². The van der Waals surface area contributed by atoms with Gasteiger partial charge in [-0.25, -0.2) is 9.78 Å². The third-order valence-corrected chi connectivity index (χ3v) is 3.47. The van der Waals surface area contributed by atoms with E-state index in [1.54, 1.807) is 6.07 Å². The third kappa shape index (κ3) is 3.04. The second-order valence-corrected chi connectivity index (χ2v) is 5.63. The van der Waals surface area contributed by atoms with Gasteiger partial charge in [-0.1, -0.05) is 0 Å². The molecule has 0 radical (unpaired) electrons. The van der Waals surface area contributed by atoms with E-state index < -0.39 is 11.5 Å². The van der Waals surface area contributed by atoms with Gasteiger partial charge < -0.3 is 15.5 Å². The molecule has 0 fully saturated rings. The molecule has 0 saturated heterocycles. The lowest BCUT2D eigenvalue weighted by Crippen LogP contribution is -2.33. The molecule has 0 unspecified atom stereocenters. The summed E-state index contributed by atoms with van der Waals surface area (Å²) < 4.78 is 0. The summed E-state index contributed by atoms with van der Waals surface area (Å²) >= 11 is 0. The fraction of sp³-hybridized carbons (Fsp3) is 0.571. The molecular weight excluding hydrogens is 244 g/mol. The van der Waals surface area contributed by atoms with Gasteiger partial charge >= 0.3 is 5.97 Å². The van der Waals surface area contributed by atoms with Crippen molar-refractivity contribution < 1.29 is 15.0 Å². The summed E-state index contributed by atoms with van der Waals surface area (Å²) in [5.74, 6) is -0.559. The minimum absolute atomic E-state index is 0.0490. The second-order valence-electron chi connectivity index (χ2n) is 5.63. The van der Waals surface area contributed by atoms with Crippen molar-refractivity contribution in [2.45, 2.75) is 45.1 Å². The average molecular weight is 264 g/mol. The lowest BCUT2D eigenvalue weighted by molar-refractivity contribution is 0.0697. The molecule has 0 aliphatic heterocycles. The molecule has 3 N–H and O–H groups in total. The van der Waals surface area contributed by atoms with E-state index in [1.165, 1.54) is 0 Å². The number of rotatable bonds is 5. The van der Waals surface area contributed by atoms with E-state index in [-0.39, 0.29) is 12.2 Å². The van der Waals surface area contributed by atoms with Crippen LogP contribution in [0.2, 0.25) is 0 Å². The third-order valence-electron chi connectivity index (χ3n) is 3.47. The van der Waals surface area contributed by atoms with E-state index in [1.807, 2.05) is 13.8 Å². The van der Waals surface area contributed by atoms with Gasteiger partial charge in [0.2, 0.25) is 0 Å². The number of aromatic nitrogens is 1. The molecule has 1 aromatic rings. The molecular formula is C14H20N2O3. The van der Waals surface area contributed by atoms with E-state index in [0.717, 1.165) is 30.5 Å². The van der Waals surface area contributed by atoms with Crippen LogP contribution in [0.1, 0.15) is 48.3 Å². The number of aliphatic hydroxyl groups is 1. The number of carbonyl (C=O) groups is 1. The van der Waals surface area contributed by atoms with E-state index in [4.69, 9.17) is 5.11 Å². The summed E-state index contributed by atoms with van der Waals surface area (Å²) in [6, 6.07) is 1.73. The van der Waals surface area contributed by atoms with Crippen LogP contribution in [-0.2, 0) is 12.8 Å². The first-order chi connectivity index (χ1) is 8.93. The largest absolute Gasteiger partial charge is 0.478 e. The van der Waals surface area contributed by atoms with Gasteiger partial charge in [-0.05, 0) is 51.2 Å². The molecule has 0 saturated carbocycles. The summed E-state index contributed by atoms with van der Waals surface area (Å²) in [6.07, 6.45) is 3.38. The Kier molecular flexibility index (Phi) is 3.75. The fourth-order valence-corrected chi connectivity index (χ4v) is 2.39. The zero-order valence-electron chi connectivity index (χ0n) is 11.4. The summed E-state index contributed by atoms with van der Waals surface area (Å²) in [6.45, 7) is 3.89. The van der Waals surface area contributed by atoms with E-state index in [9.17, 15) is 9.90 Å². The van der Waals surface area contributed by atoms with Crippen molar-refractivity contribution in [1.82, 2.24) is 4.98 Å². The average Bonchev–Trinajstić information content (AvgIpc) is 2.73. The smallest absolute Gasteiger partial charge is 0.339 e. The molecule has 0 spiro atoms. The molecule has 1 aliphatic carbocycles. The number of hydrogen-bond acceptors (Lipinski definition) is 4. The van der Waals surface area contributed by atoms with Crippen molar-refractivity contribution in [2.24, 2.45) is 0 Å². The fourth-order valence-electron chi connectivity index (χ4n) is 2.39. The van der Waals surface area contributed by atoms with E-state index in [0.29, 0.717) is 12.2 Å². The zero-order chi connectivity index (χ0) is 14.0. The number of nitrogens with one attached hydrogen (secondary N) is 1. The first kappa shape index (κ1) is 13.8. The number of aryl methyl sites for hydroxylation is 2. The Balaban J connectivity index is 2.36. The van der Waals surface area contributed by atoms with Crippen LogP contribution in [0.15, 0.2) is 6.07 Å². The Bertz CT molecular complexity index is 498. The highest BCUT2D eigenvalue weighted by Crippen LogP contribution is 2.27. The van der Waals surface area contributed by atoms with Crippen molar-refractivity contribution in [3.05, 3.63) is 22.9 Å². The van der Waals surface area contributed by atoms with Gasteiger partial charge in [0.25, 0.3) is 0 Å². The maximum absolute atomic E-state index is 11.3. The van der Waals surface area contributed by atoms with Crippen LogP contribution in [-0.4, -0.2) is 33.3 Å². The number of carboxylic acid groups (broad SMARTS) is 1. The lowest BCUT2D eigenvalue weighted by Gasteiger charge is -2.27. The maximum atomic E-state index is 11.3. The summed E-state index contributed by atoms with van der Waals surface area (Å²) in [5.41, 5.74) is 1.86. The number of hydrogen-bond donors (Lipinski definition) is 3. The molecule has 104 valence electrons. The van der Waals surface area contributed by atoms with Crippen LogP contribution in [0, 0.1) is 0 Å². The number of aliphatic hydroxyl groups excluding tert-OH is 1. The van der Waals surface area contributed by atoms with Crippen molar-refractivity contribution in [3.63, 3.8) is 0 Å². The molecule has 5 nitrogen and oxygen atoms in total. The zero-order valence-corrected chi connectivity index (χ0v) is 11.4. The molecule has 0 bridgehead atoms. The Morgan fingerprint density at radius 1 is 1.47 bits per heavy atom. The van der Waals surface area contributed by atoms with Crippen molar-refractivity contribution >= 4 is 11.8 Å². The van der Waals surface area contributed by atoms with Crippen molar-refractivity contribution in [3.8, 4) is 0 Å². The SMILES string of the molecule is CC(C)(CCO)Nc1nc2c(cc1C(=O)O)CCC2. The minimum atomic E-state index is -0.968. The van der Waals surface area contributed by atoms with Gasteiger partial charge in [0.05, 0.1) is 0 Å². The summed E-state index contributed by atoms with van der Waals surface area (Å²) in [4.78, 5) is 15.8. The van der Waals surface area contributed by atoms with Crippen LogP contribution in [0.4, 0.5) is 5.82 Å². The Morgan fingerprint density at radius 2 is 2.21 bits per heavy atom. The van der Waals surface area contributed by atoms with Crippen LogP contribution in [0.25, 0.3) is 0 Å². The van der Waals surface area contributed by atoms with Gasteiger partial charge in [-0.15, -0.1) is 0 Å². The molecule has 1 aliphatic rings. The van der Waals surface area contributed by atoms with Crippen LogP contribution >= 0.6 is 0 Å². The minimum Gasteiger partial charge on any atom is -0.478 e. The standard InChI is InChI=1S/C14H20N2O3/c1-14(2,6-7-17)16-12-10(13(18)19)8-9-4-3-5-11(9)15-12/h8,17H,3-7H2,1-2H3,(H,15,16)(H,18,19). The van der Waals surface area contributed by atoms with Gasteiger partial charge in [0.15, 0.2) is 0 Å². The first-order valence-electron chi connectivity index (χ1n) is 6.58. The predicted molar refractivity (Wildman–Crippen MR) is 72.6 cm³/mol. The molecule has 0 amide bonds. The van der Waals surface area contributed by atoms with Gasteiger partial charge in [-0.3, -0.25) is 0 Å². The Hall–Kier alpha value is -1.62. The van der Waals surface area contributed by atoms with E-state index >= 15 is 0 Å². The monoisotopic (exact) mass is 264 g/mol. The van der Waals surface area contributed by atoms with Gasteiger partial charge in [0.1, 0.15) is 11.4 Å². The summed E-state index contributed by atoms with van der Waals surface area (Å²) in [7, 11) is 0. The van der Waals surface area contributed by atoms with Crippen molar-refractivity contribution in [1.29, 1.82) is 0 Å². The highest BCUT2D eigenvalue weighted by Gasteiger charge is 2.24. The second kappa shape index (κ2) is 5.17. The topological polar surface area (TPSA) is 82.5 Å². The highest BCUT2D eigenvalue weighted by atomic mass is 16.4.